The van der Waals surface area contributed by atoms with Crippen LogP contribution in [0.5, 0.6) is 5.75 Å². The molecule has 2 aromatic heterocycles. The highest BCUT2D eigenvalue weighted by atomic mass is 32.1. The number of benzene rings is 2. The number of thiazole rings is 1. The Morgan fingerprint density at radius 2 is 1.92 bits per heavy atom. The maximum Gasteiger partial charge on any atom is 0.387 e. The molecule has 10 heteroatoms. The third kappa shape index (κ3) is 6.12. The molecule has 4 aromatic rings. The van der Waals surface area contributed by atoms with Crippen molar-refractivity contribution >= 4 is 17.2 Å². The molecule has 4 rings (SSSR count). The van der Waals surface area contributed by atoms with Crippen molar-refractivity contribution in [2.75, 3.05) is 0 Å². The second kappa shape index (κ2) is 10.5. The summed E-state index contributed by atoms with van der Waals surface area (Å²) in [7, 11) is 0. The summed E-state index contributed by atoms with van der Waals surface area (Å²) < 4.78 is 44.6. The van der Waals surface area contributed by atoms with Gasteiger partial charge in [0.05, 0.1) is 35.1 Å². The fraction of sp³-hybridized carbons (Fsp3) is 0.269. The van der Waals surface area contributed by atoms with Crippen molar-refractivity contribution in [3.63, 3.8) is 0 Å². The quantitative estimate of drug-likeness (QED) is 0.312. The Bertz CT molecular complexity index is 1340. The zero-order valence-corrected chi connectivity index (χ0v) is 20.8. The monoisotopic (exact) mass is 514 g/mol. The first-order chi connectivity index (χ1) is 17.1. The van der Waals surface area contributed by atoms with Gasteiger partial charge >= 0.3 is 6.61 Å². The van der Waals surface area contributed by atoms with Crippen LogP contribution in [0.1, 0.15) is 32.0 Å². The van der Waals surface area contributed by atoms with Crippen molar-refractivity contribution in [1.29, 1.82) is 0 Å². The van der Waals surface area contributed by atoms with Crippen LogP contribution >= 0.6 is 11.3 Å². The molecule has 0 spiro atoms. The second-order valence-electron chi connectivity index (χ2n) is 9.12. The van der Waals surface area contributed by atoms with Crippen molar-refractivity contribution in [2.45, 2.75) is 45.9 Å². The highest BCUT2D eigenvalue weighted by Crippen LogP contribution is 2.36. The van der Waals surface area contributed by atoms with Crippen LogP contribution in [-0.4, -0.2) is 27.3 Å². The predicted molar refractivity (Wildman–Crippen MR) is 132 cm³/mol. The molecule has 0 aliphatic rings. The maximum atomic E-state index is 13.5. The lowest BCUT2D eigenvalue weighted by molar-refractivity contribution is -0.120. The fourth-order valence-corrected chi connectivity index (χ4v) is 4.50. The van der Waals surface area contributed by atoms with E-state index >= 15 is 0 Å². The van der Waals surface area contributed by atoms with E-state index < -0.39 is 6.61 Å². The summed E-state index contributed by atoms with van der Waals surface area (Å²) >= 11 is 1.40. The molecule has 0 saturated heterocycles. The number of hydrogen-bond acceptors (Lipinski definition) is 5. The van der Waals surface area contributed by atoms with Gasteiger partial charge in [-0.05, 0) is 62.7 Å². The number of aromatic nitrogens is 3. The van der Waals surface area contributed by atoms with Gasteiger partial charge in [-0.3, -0.25) is 9.48 Å². The van der Waals surface area contributed by atoms with Crippen LogP contribution in [0.25, 0.3) is 21.8 Å². The van der Waals surface area contributed by atoms with E-state index in [-0.39, 0.29) is 36.0 Å². The van der Waals surface area contributed by atoms with Gasteiger partial charge in [-0.2, -0.15) is 13.9 Å². The number of rotatable bonds is 8. The van der Waals surface area contributed by atoms with Gasteiger partial charge in [0, 0.05) is 17.5 Å². The Kier molecular flexibility index (Phi) is 7.44. The molecular formula is C26H25F3N4O2S. The molecular weight excluding hydrogens is 489 g/mol. The summed E-state index contributed by atoms with van der Waals surface area (Å²) in [6.07, 6.45) is 1.80. The first kappa shape index (κ1) is 25.4. The molecule has 188 valence electrons. The zero-order valence-electron chi connectivity index (χ0n) is 20.0. The largest absolute Gasteiger partial charge is 0.435 e. The Balaban J connectivity index is 1.49. The molecule has 1 N–H and O–H groups in total. The molecule has 36 heavy (non-hydrogen) atoms. The standard InChI is InChI=1S/C26H25F3N4O2S/c1-26(2,3)33-23(17-7-9-18(27)10-8-17)21(14-31-33)24-32-19(15-36-24)12-22(34)30-13-16-5-4-6-20(11-16)35-25(28)29/h4-11,14-15,25H,12-13H2,1-3H3,(H,30,34). The van der Waals surface area contributed by atoms with Crippen LogP contribution < -0.4 is 10.1 Å². The van der Waals surface area contributed by atoms with Crippen LogP contribution in [0.15, 0.2) is 60.1 Å². The van der Waals surface area contributed by atoms with Gasteiger partial charge < -0.3 is 10.1 Å². The summed E-state index contributed by atoms with van der Waals surface area (Å²) in [6.45, 7) is 3.35. The molecule has 2 heterocycles. The smallest absolute Gasteiger partial charge is 0.387 e. The average Bonchev–Trinajstić information content (AvgIpc) is 3.45. The molecule has 0 aliphatic heterocycles. The third-order valence-electron chi connectivity index (χ3n) is 5.26. The Hall–Kier alpha value is -3.66. The normalized spacial score (nSPS) is 11.6. The van der Waals surface area contributed by atoms with Crippen LogP contribution in [0.2, 0.25) is 0 Å². The zero-order chi connectivity index (χ0) is 25.9. The lowest BCUT2D eigenvalue weighted by Crippen LogP contribution is -2.24. The van der Waals surface area contributed by atoms with Gasteiger partial charge in [0.15, 0.2) is 0 Å². The molecule has 0 unspecified atom stereocenters. The van der Waals surface area contributed by atoms with Crippen LogP contribution in [-0.2, 0) is 23.3 Å². The highest BCUT2D eigenvalue weighted by Gasteiger charge is 2.24. The van der Waals surface area contributed by atoms with Gasteiger partial charge in [0.2, 0.25) is 5.91 Å². The summed E-state index contributed by atoms with van der Waals surface area (Å²) in [4.78, 5) is 17.1. The van der Waals surface area contributed by atoms with Crippen molar-refractivity contribution in [1.82, 2.24) is 20.1 Å². The molecule has 1 amide bonds. The molecule has 2 aromatic carbocycles. The summed E-state index contributed by atoms with van der Waals surface area (Å²) in [5, 5.41) is 9.86. The summed E-state index contributed by atoms with van der Waals surface area (Å²) in [5.41, 5.74) is 3.34. The molecule has 0 saturated carbocycles. The van der Waals surface area contributed by atoms with Crippen LogP contribution in [0.4, 0.5) is 13.2 Å². The summed E-state index contributed by atoms with van der Waals surface area (Å²) in [5.74, 6) is -0.539. The summed E-state index contributed by atoms with van der Waals surface area (Å²) in [6, 6.07) is 12.4. The second-order valence-corrected chi connectivity index (χ2v) is 9.98. The number of ether oxygens (including phenoxy) is 1. The topological polar surface area (TPSA) is 69.0 Å². The van der Waals surface area contributed by atoms with Crippen molar-refractivity contribution in [2.24, 2.45) is 0 Å². The van der Waals surface area contributed by atoms with E-state index in [1.165, 1.54) is 35.6 Å². The SMILES string of the molecule is CC(C)(C)n1ncc(-c2nc(CC(=O)NCc3cccc(OC(F)F)c3)cs2)c1-c1ccc(F)cc1. The van der Waals surface area contributed by atoms with Crippen LogP contribution in [0, 0.1) is 5.82 Å². The van der Waals surface area contributed by atoms with Crippen molar-refractivity contribution < 1.29 is 22.7 Å². The van der Waals surface area contributed by atoms with E-state index in [2.05, 4.69) is 20.1 Å². The number of hydrogen-bond donors (Lipinski definition) is 1. The Morgan fingerprint density at radius 1 is 1.17 bits per heavy atom. The molecule has 0 atom stereocenters. The number of alkyl halides is 2. The Labute approximate surface area is 210 Å². The van der Waals surface area contributed by atoms with E-state index in [0.717, 1.165) is 16.8 Å². The number of amides is 1. The van der Waals surface area contributed by atoms with Gasteiger partial charge in [0.25, 0.3) is 0 Å². The van der Waals surface area contributed by atoms with E-state index in [1.54, 1.807) is 30.5 Å². The van der Waals surface area contributed by atoms with E-state index in [0.29, 0.717) is 16.3 Å². The highest BCUT2D eigenvalue weighted by molar-refractivity contribution is 7.13. The van der Waals surface area contributed by atoms with Crippen molar-refractivity contribution in [3.05, 3.63) is 77.2 Å². The number of halogens is 3. The fourth-order valence-electron chi connectivity index (χ4n) is 3.67. The lowest BCUT2D eigenvalue weighted by atomic mass is 10.0. The number of carbonyl (C=O) groups excluding carboxylic acids is 1. The molecule has 0 fully saturated rings. The molecule has 6 nitrogen and oxygen atoms in total. The minimum atomic E-state index is -2.91. The van der Waals surface area contributed by atoms with Gasteiger partial charge in [0.1, 0.15) is 16.6 Å². The average molecular weight is 515 g/mol. The maximum absolute atomic E-state index is 13.5. The molecule has 0 radical (unpaired) electrons. The first-order valence-corrected chi connectivity index (χ1v) is 12.1. The molecule has 0 bridgehead atoms. The Morgan fingerprint density at radius 3 is 2.61 bits per heavy atom. The lowest BCUT2D eigenvalue weighted by Gasteiger charge is -2.23. The first-order valence-electron chi connectivity index (χ1n) is 11.2. The third-order valence-corrected chi connectivity index (χ3v) is 6.18. The van der Waals surface area contributed by atoms with E-state index in [4.69, 9.17) is 0 Å². The minimum absolute atomic E-state index is 0.0358. The predicted octanol–water partition coefficient (Wildman–Crippen LogP) is 6.03. The minimum Gasteiger partial charge on any atom is -0.435 e. The number of carbonyl (C=O) groups is 1. The van der Waals surface area contributed by atoms with Gasteiger partial charge in [-0.1, -0.05) is 12.1 Å². The van der Waals surface area contributed by atoms with Gasteiger partial charge in [-0.25, -0.2) is 9.37 Å². The number of nitrogens with one attached hydrogen (secondary N) is 1. The van der Waals surface area contributed by atoms with Crippen molar-refractivity contribution in [3.8, 4) is 27.6 Å². The van der Waals surface area contributed by atoms with Crippen LogP contribution in [0.3, 0.4) is 0 Å². The van der Waals surface area contributed by atoms with E-state index in [9.17, 15) is 18.0 Å². The van der Waals surface area contributed by atoms with Gasteiger partial charge in [-0.15, -0.1) is 11.3 Å². The number of nitrogens with zero attached hydrogens (tertiary/aromatic N) is 3. The molecule has 0 aliphatic carbocycles. The van der Waals surface area contributed by atoms with E-state index in [1.807, 2.05) is 30.8 Å².